The molecule has 2 aromatic rings. The summed E-state index contributed by atoms with van der Waals surface area (Å²) >= 11 is 0. The van der Waals surface area contributed by atoms with Crippen molar-refractivity contribution in [1.82, 2.24) is 14.9 Å². The Morgan fingerprint density at radius 3 is 2.83 bits per heavy atom. The Labute approximate surface area is 143 Å². The normalized spacial score (nSPS) is 24.0. The van der Waals surface area contributed by atoms with Gasteiger partial charge in [0.15, 0.2) is 0 Å². The van der Waals surface area contributed by atoms with E-state index in [4.69, 9.17) is 4.74 Å². The zero-order valence-electron chi connectivity index (χ0n) is 14.1. The highest BCUT2D eigenvalue weighted by molar-refractivity contribution is 5.30. The monoisotopic (exact) mass is 324 g/mol. The van der Waals surface area contributed by atoms with E-state index >= 15 is 0 Å². The SMILES string of the molecule is CC1CC(Nc2nccc(OCc3ccccc3)n2)CN1C1CC1. The molecule has 1 aliphatic heterocycles. The van der Waals surface area contributed by atoms with Gasteiger partial charge in [0, 0.05) is 36.9 Å². The van der Waals surface area contributed by atoms with E-state index in [0.29, 0.717) is 30.5 Å². The van der Waals surface area contributed by atoms with E-state index in [1.807, 2.05) is 36.4 Å². The predicted octanol–water partition coefficient (Wildman–Crippen LogP) is 3.09. The average molecular weight is 324 g/mol. The largest absolute Gasteiger partial charge is 0.473 e. The number of nitrogens with zero attached hydrogens (tertiary/aromatic N) is 3. The predicted molar refractivity (Wildman–Crippen MR) is 94.0 cm³/mol. The Morgan fingerprint density at radius 1 is 1.21 bits per heavy atom. The maximum Gasteiger partial charge on any atom is 0.226 e. The third kappa shape index (κ3) is 3.67. The molecule has 1 saturated carbocycles. The molecule has 5 heteroatoms. The highest BCUT2D eigenvalue weighted by Gasteiger charge is 2.38. The molecule has 2 heterocycles. The van der Waals surface area contributed by atoms with Gasteiger partial charge in [-0.25, -0.2) is 4.98 Å². The summed E-state index contributed by atoms with van der Waals surface area (Å²) in [6, 6.07) is 13.8. The van der Waals surface area contributed by atoms with Gasteiger partial charge in [0.05, 0.1) is 0 Å². The van der Waals surface area contributed by atoms with Crippen molar-refractivity contribution in [2.24, 2.45) is 0 Å². The second-order valence-electron chi connectivity index (χ2n) is 6.85. The Balaban J connectivity index is 1.34. The molecule has 5 nitrogen and oxygen atoms in total. The highest BCUT2D eigenvalue weighted by Crippen LogP contribution is 2.33. The molecule has 1 aromatic heterocycles. The van der Waals surface area contributed by atoms with Crippen LogP contribution in [-0.2, 0) is 6.61 Å². The van der Waals surface area contributed by atoms with Crippen LogP contribution in [0.3, 0.4) is 0 Å². The molecule has 0 bridgehead atoms. The van der Waals surface area contributed by atoms with Gasteiger partial charge in [0.1, 0.15) is 6.61 Å². The van der Waals surface area contributed by atoms with Gasteiger partial charge in [-0.05, 0) is 31.7 Å². The fourth-order valence-corrected chi connectivity index (χ4v) is 3.48. The topological polar surface area (TPSA) is 50.3 Å². The van der Waals surface area contributed by atoms with Crippen LogP contribution < -0.4 is 10.1 Å². The standard InChI is InChI=1S/C19H24N4O/c1-14-11-16(12-23(14)17-7-8-17)21-19-20-10-9-18(22-19)24-13-15-5-3-2-4-6-15/h2-6,9-10,14,16-17H,7-8,11-13H2,1H3,(H,20,21,22). The zero-order chi connectivity index (χ0) is 16.4. The van der Waals surface area contributed by atoms with Gasteiger partial charge in [0.25, 0.3) is 0 Å². The smallest absolute Gasteiger partial charge is 0.226 e. The van der Waals surface area contributed by atoms with Crippen LogP contribution in [0.4, 0.5) is 5.95 Å². The fourth-order valence-electron chi connectivity index (χ4n) is 3.48. The van der Waals surface area contributed by atoms with Gasteiger partial charge in [-0.1, -0.05) is 30.3 Å². The van der Waals surface area contributed by atoms with Crippen molar-refractivity contribution in [2.75, 3.05) is 11.9 Å². The molecular weight excluding hydrogens is 300 g/mol. The first kappa shape index (κ1) is 15.4. The van der Waals surface area contributed by atoms with Crippen LogP contribution in [0, 0.1) is 0 Å². The number of nitrogens with one attached hydrogen (secondary N) is 1. The molecular formula is C19H24N4O. The molecule has 1 aliphatic carbocycles. The van der Waals surface area contributed by atoms with Gasteiger partial charge in [-0.15, -0.1) is 0 Å². The number of rotatable bonds is 6. The summed E-state index contributed by atoms with van der Waals surface area (Å²) in [5.74, 6) is 1.27. The molecule has 1 aromatic carbocycles. The number of ether oxygens (including phenoxy) is 1. The molecule has 126 valence electrons. The van der Waals surface area contributed by atoms with E-state index in [2.05, 4.69) is 27.1 Å². The minimum absolute atomic E-state index is 0.421. The second-order valence-corrected chi connectivity index (χ2v) is 6.85. The summed E-state index contributed by atoms with van der Waals surface area (Å²) in [5.41, 5.74) is 1.13. The molecule has 0 spiro atoms. The lowest BCUT2D eigenvalue weighted by Gasteiger charge is -2.19. The Hall–Kier alpha value is -2.14. The van der Waals surface area contributed by atoms with Crippen LogP contribution in [0.25, 0.3) is 0 Å². The van der Waals surface area contributed by atoms with Crippen LogP contribution >= 0.6 is 0 Å². The molecule has 24 heavy (non-hydrogen) atoms. The lowest BCUT2D eigenvalue weighted by atomic mass is 10.2. The minimum atomic E-state index is 0.421. The number of benzene rings is 1. The second kappa shape index (κ2) is 6.77. The Morgan fingerprint density at radius 2 is 2.04 bits per heavy atom. The summed E-state index contributed by atoms with van der Waals surface area (Å²) in [6.45, 7) is 3.93. The van der Waals surface area contributed by atoms with E-state index in [0.717, 1.165) is 24.6 Å². The highest BCUT2D eigenvalue weighted by atomic mass is 16.5. The van der Waals surface area contributed by atoms with Gasteiger partial charge in [-0.3, -0.25) is 4.90 Å². The lowest BCUT2D eigenvalue weighted by molar-refractivity contribution is 0.257. The van der Waals surface area contributed by atoms with Crippen LogP contribution in [-0.4, -0.2) is 39.5 Å². The number of hydrogen-bond acceptors (Lipinski definition) is 5. The van der Waals surface area contributed by atoms with Gasteiger partial charge in [-0.2, -0.15) is 4.98 Å². The first-order valence-electron chi connectivity index (χ1n) is 8.80. The molecule has 1 saturated heterocycles. The molecule has 1 N–H and O–H groups in total. The summed E-state index contributed by atoms with van der Waals surface area (Å²) < 4.78 is 5.79. The average Bonchev–Trinajstić information content (AvgIpc) is 3.38. The van der Waals surface area contributed by atoms with E-state index in [1.165, 1.54) is 12.8 Å². The number of aromatic nitrogens is 2. The van der Waals surface area contributed by atoms with Crippen molar-refractivity contribution >= 4 is 5.95 Å². The molecule has 4 rings (SSSR count). The molecule has 0 radical (unpaired) electrons. The quantitative estimate of drug-likeness (QED) is 0.885. The van der Waals surface area contributed by atoms with Crippen molar-refractivity contribution in [2.45, 2.75) is 50.9 Å². The minimum Gasteiger partial charge on any atom is -0.473 e. The van der Waals surface area contributed by atoms with E-state index in [-0.39, 0.29) is 0 Å². The lowest BCUT2D eigenvalue weighted by Crippen LogP contribution is -2.31. The zero-order valence-corrected chi connectivity index (χ0v) is 14.1. The number of likely N-dealkylation sites (tertiary alicyclic amines) is 1. The Bertz CT molecular complexity index is 674. The maximum absolute atomic E-state index is 5.79. The molecule has 2 atom stereocenters. The van der Waals surface area contributed by atoms with Gasteiger partial charge < -0.3 is 10.1 Å². The summed E-state index contributed by atoms with van der Waals surface area (Å²) in [5, 5.41) is 3.48. The summed E-state index contributed by atoms with van der Waals surface area (Å²) in [6.07, 6.45) is 5.62. The maximum atomic E-state index is 5.79. The fraction of sp³-hybridized carbons (Fsp3) is 0.474. The molecule has 2 fully saturated rings. The first-order valence-corrected chi connectivity index (χ1v) is 8.80. The van der Waals surface area contributed by atoms with E-state index in [1.54, 1.807) is 6.20 Å². The van der Waals surface area contributed by atoms with Crippen LogP contribution in [0.2, 0.25) is 0 Å². The van der Waals surface area contributed by atoms with Crippen molar-refractivity contribution in [3.05, 3.63) is 48.2 Å². The molecule has 2 unspecified atom stereocenters. The van der Waals surface area contributed by atoms with Gasteiger partial charge >= 0.3 is 0 Å². The Kier molecular flexibility index (Phi) is 4.34. The van der Waals surface area contributed by atoms with Crippen molar-refractivity contribution in [1.29, 1.82) is 0 Å². The summed E-state index contributed by atoms with van der Waals surface area (Å²) in [7, 11) is 0. The van der Waals surface area contributed by atoms with Crippen molar-refractivity contribution in [3.8, 4) is 5.88 Å². The number of anilines is 1. The van der Waals surface area contributed by atoms with Gasteiger partial charge in [0.2, 0.25) is 11.8 Å². The first-order chi connectivity index (χ1) is 11.8. The van der Waals surface area contributed by atoms with Crippen LogP contribution in [0.1, 0.15) is 31.7 Å². The third-order valence-electron chi connectivity index (χ3n) is 4.83. The molecule has 0 amide bonds. The van der Waals surface area contributed by atoms with Crippen molar-refractivity contribution in [3.63, 3.8) is 0 Å². The van der Waals surface area contributed by atoms with E-state index in [9.17, 15) is 0 Å². The van der Waals surface area contributed by atoms with Crippen LogP contribution in [0.15, 0.2) is 42.6 Å². The molecule has 2 aliphatic rings. The summed E-state index contributed by atoms with van der Waals surface area (Å²) in [4.78, 5) is 11.5. The number of hydrogen-bond donors (Lipinski definition) is 1. The van der Waals surface area contributed by atoms with Crippen LogP contribution in [0.5, 0.6) is 5.88 Å². The third-order valence-corrected chi connectivity index (χ3v) is 4.83. The van der Waals surface area contributed by atoms with Crippen molar-refractivity contribution < 1.29 is 4.74 Å². The van der Waals surface area contributed by atoms with E-state index < -0.39 is 0 Å².